The van der Waals surface area contributed by atoms with E-state index in [0.717, 1.165) is 0 Å². The molecule has 0 amide bonds. The van der Waals surface area contributed by atoms with Crippen molar-refractivity contribution >= 4 is 0 Å². The van der Waals surface area contributed by atoms with Gasteiger partial charge in [-0.15, -0.1) is 0 Å². The minimum Gasteiger partial charge on any atom is -0.383 e. The summed E-state index contributed by atoms with van der Waals surface area (Å²) in [7, 11) is 1.47. The molecule has 1 unspecified atom stereocenters. The Balaban J connectivity index is 2.40. The van der Waals surface area contributed by atoms with Gasteiger partial charge in [0.15, 0.2) is 11.9 Å². The molecular formula is C9H16O4. The maximum Gasteiger partial charge on any atom is 0.190 e. The van der Waals surface area contributed by atoms with Crippen molar-refractivity contribution in [3.05, 3.63) is 0 Å². The summed E-state index contributed by atoms with van der Waals surface area (Å²) in [6, 6.07) is 0. The van der Waals surface area contributed by atoms with Crippen LogP contribution in [-0.4, -0.2) is 40.9 Å². The third-order valence-electron chi connectivity index (χ3n) is 3.90. The third kappa shape index (κ3) is 0.625. The summed E-state index contributed by atoms with van der Waals surface area (Å²) < 4.78 is 10.3. The molecule has 2 fully saturated rings. The number of methoxy groups -OCH3 is 1. The number of hydrogen-bond donors (Lipinski definition) is 2. The normalized spacial score (nSPS) is 57.7. The van der Waals surface area contributed by atoms with E-state index in [1.165, 1.54) is 7.11 Å². The highest BCUT2D eigenvalue weighted by atomic mass is 16.7. The van der Waals surface area contributed by atoms with Gasteiger partial charge < -0.3 is 19.7 Å². The number of hydrogen-bond acceptors (Lipinski definition) is 4. The largest absolute Gasteiger partial charge is 0.383 e. The molecule has 0 radical (unpaired) electrons. The molecule has 2 aliphatic rings. The highest BCUT2D eigenvalue weighted by Crippen LogP contribution is 2.72. The van der Waals surface area contributed by atoms with Crippen LogP contribution >= 0.6 is 0 Å². The smallest absolute Gasteiger partial charge is 0.190 e. The van der Waals surface area contributed by atoms with Crippen LogP contribution in [0.5, 0.6) is 0 Å². The molecule has 0 spiro atoms. The average molecular weight is 188 g/mol. The lowest BCUT2D eigenvalue weighted by Crippen LogP contribution is -2.34. The minimum atomic E-state index is -1.26. The van der Waals surface area contributed by atoms with Crippen LogP contribution in [0.4, 0.5) is 0 Å². The predicted molar refractivity (Wildman–Crippen MR) is 45.0 cm³/mol. The van der Waals surface area contributed by atoms with Crippen molar-refractivity contribution in [2.75, 3.05) is 7.11 Å². The van der Waals surface area contributed by atoms with E-state index in [0.29, 0.717) is 0 Å². The summed E-state index contributed by atoms with van der Waals surface area (Å²) in [6.07, 6.45) is -1.11. The SMILES string of the molecule is COC1O[C@H](C)[C@]2(O)C(C)(C)[C@]12O. The summed E-state index contributed by atoms with van der Waals surface area (Å²) >= 11 is 0. The third-order valence-corrected chi connectivity index (χ3v) is 3.90. The zero-order chi connectivity index (χ0) is 10.1. The van der Waals surface area contributed by atoms with Gasteiger partial charge in [-0.25, -0.2) is 0 Å². The van der Waals surface area contributed by atoms with Crippen LogP contribution in [0.15, 0.2) is 0 Å². The van der Waals surface area contributed by atoms with Crippen LogP contribution in [0, 0.1) is 5.41 Å². The molecule has 0 aromatic carbocycles. The highest BCUT2D eigenvalue weighted by Gasteiger charge is 2.91. The van der Waals surface area contributed by atoms with Crippen LogP contribution in [0.25, 0.3) is 0 Å². The fourth-order valence-electron chi connectivity index (χ4n) is 2.80. The van der Waals surface area contributed by atoms with Crippen LogP contribution in [0.3, 0.4) is 0 Å². The van der Waals surface area contributed by atoms with E-state index in [1.807, 2.05) is 13.8 Å². The zero-order valence-corrected chi connectivity index (χ0v) is 8.37. The maximum atomic E-state index is 10.2. The topological polar surface area (TPSA) is 58.9 Å². The number of ether oxygens (including phenoxy) is 2. The molecule has 4 atom stereocenters. The zero-order valence-electron chi connectivity index (χ0n) is 8.37. The first-order valence-electron chi connectivity index (χ1n) is 4.47. The van der Waals surface area contributed by atoms with Crippen molar-refractivity contribution in [3.63, 3.8) is 0 Å². The van der Waals surface area contributed by atoms with Gasteiger partial charge in [0.25, 0.3) is 0 Å². The molecule has 2 rings (SSSR count). The van der Waals surface area contributed by atoms with Gasteiger partial charge in [-0.05, 0) is 6.92 Å². The Hall–Kier alpha value is -0.160. The molecule has 0 bridgehead atoms. The van der Waals surface area contributed by atoms with Gasteiger partial charge in [0, 0.05) is 12.5 Å². The molecule has 1 aliphatic heterocycles. The first kappa shape index (κ1) is 9.40. The van der Waals surface area contributed by atoms with Gasteiger partial charge in [-0.3, -0.25) is 0 Å². The Morgan fingerprint density at radius 3 is 2.00 bits per heavy atom. The molecule has 4 heteroatoms. The molecule has 0 aromatic rings. The number of aliphatic hydroxyl groups is 2. The molecular weight excluding hydrogens is 172 g/mol. The Morgan fingerprint density at radius 1 is 1.23 bits per heavy atom. The quantitative estimate of drug-likeness (QED) is 0.602. The van der Waals surface area contributed by atoms with Gasteiger partial charge in [0.1, 0.15) is 5.60 Å². The lowest BCUT2D eigenvalue weighted by molar-refractivity contribution is -0.191. The average Bonchev–Trinajstić information content (AvgIpc) is 2.34. The van der Waals surface area contributed by atoms with Crippen molar-refractivity contribution in [1.82, 2.24) is 0 Å². The van der Waals surface area contributed by atoms with Crippen LogP contribution in [-0.2, 0) is 9.47 Å². The second-order valence-electron chi connectivity index (χ2n) is 4.50. The molecule has 1 aliphatic carbocycles. The summed E-state index contributed by atoms with van der Waals surface area (Å²) in [6.45, 7) is 5.38. The lowest BCUT2D eigenvalue weighted by atomic mass is 10.0. The van der Waals surface area contributed by atoms with Crippen molar-refractivity contribution in [2.24, 2.45) is 5.41 Å². The Labute approximate surface area is 77.5 Å². The van der Waals surface area contributed by atoms with E-state index < -0.39 is 29.0 Å². The van der Waals surface area contributed by atoms with Crippen molar-refractivity contribution in [2.45, 2.75) is 44.4 Å². The standard InChI is InChI=1S/C9H16O4/c1-5-8(10)7(2,3)9(8,11)6(12-4)13-5/h5-6,10-11H,1-4H3/t5-,6?,8+,9-/m1/s1. The summed E-state index contributed by atoms with van der Waals surface area (Å²) in [5.41, 5.74) is -2.98. The fourth-order valence-corrected chi connectivity index (χ4v) is 2.80. The summed E-state index contributed by atoms with van der Waals surface area (Å²) in [5.74, 6) is 0. The number of rotatable bonds is 1. The maximum absolute atomic E-state index is 10.2. The van der Waals surface area contributed by atoms with Crippen molar-refractivity contribution in [1.29, 1.82) is 0 Å². The lowest BCUT2D eigenvalue weighted by Gasteiger charge is -2.23. The van der Waals surface area contributed by atoms with E-state index in [4.69, 9.17) is 9.47 Å². The second-order valence-corrected chi connectivity index (χ2v) is 4.50. The first-order valence-corrected chi connectivity index (χ1v) is 4.47. The van der Waals surface area contributed by atoms with E-state index in [1.54, 1.807) is 6.92 Å². The summed E-state index contributed by atoms with van der Waals surface area (Å²) in [5, 5.41) is 20.4. The Bertz CT molecular complexity index is 252. The summed E-state index contributed by atoms with van der Waals surface area (Å²) in [4.78, 5) is 0. The van der Waals surface area contributed by atoms with E-state index in [-0.39, 0.29) is 0 Å². The molecule has 13 heavy (non-hydrogen) atoms. The van der Waals surface area contributed by atoms with Crippen molar-refractivity contribution < 1.29 is 19.7 Å². The van der Waals surface area contributed by atoms with Gasteiger partial charge >= 0.3 is 0 Å². The van der Waals surface area contributed by atoms with E-state index >= 15 is 0 Å². The van der Waals surface area contributed by atoms with Gasteiger partial charge in [-0.1, -0.05) is 13.8 Å². The minimum absolute atomic E-state index is 0.391. The van der Waals surface area contributed by atoms with Gasteiger partial charge in [0.2, 0.25) is 0 Å². The Morgan fingerprint density at radius 2 is 1.77 bits per heavy atom. The van der Waals surface area contributed by atoms with Crippen LogP contribution in [0.1, 0.15) is 20.8 Å². The van der Waals surface area contributed by atoms with E-state index in [2.05, 4.69) is 0 Å². The number of fused-ring (bicyclic) bond motifs is 1. The monoisotopic (exact) mass is 188 g/mol. The second kappa shape index (κ2) is 2.08. The van der Waals surface area contributed by atoms with E-state index in [9.17, 15) is 10.2 Å². The van der Waals surface area contributed by atoms with Gasteiger partial charge in [-0.2, -0.15) is 0 Å². The molecule has 0 aromatic heterocycles. The van der Waals surface area contributed by atoms with Crippen LogP contribution in [0.2, 0.25) is 0 Å². The van der Waals surface area contributed by atoms with Crippen LogP contribution < -0.4 is 0 Å². The molecule has 4 nitrogen and oxygen atoms in total. The molecule has 1 heterocycles. The molecule has 76 valence electrons. The fraction of sp³-hybridized carbons (Fsp3) is 1.00. The predicted octanol–water partition coefficient (Wildman–Crippen LogP) is -0.120. The first-order chi connectivity index (χ1) is 5.84. The Kier molecular flexibility index (Phi) is 1.51. The molecule has 2 N–H and O–H groups in total. The highest BCUT2D eigenvalue weighted by molar-refractivity contribution is 5.38. The molecule has 1 saturated carbocycles. The molecule has 1 saturated heterocycles. The van der Waals surface area contributed by atoms with Gasteiger partial charge in [0.05, 0.1) is 6.10 Å². The van der Waals surface area contributed by atoms with Crippen molar-refractivity contribution in [3.8, 4) is 0 Å².